The highest BCUT2D eigenvalue weighted by Crippen LogP contribution is 2.35. The van der Waals surface area contributed by atoms with Crippen molar-refractivity contribution in [2.75, 3.05) is 25.1 Å². The molecule has 0 saturated carbocycles. The van der Waals surface area contributed by atoms with E-state index in [0.29, 0.717) is 38.9 Å². The van der Waals surface area contributed by atoms with Crippen molar-refractivity contribution in [3.8, 4) is 5.75 Å². The van der Waals surface area contributed by atoms with Gasteiger partial charge < -0.3 is 15.0 Å². The van der Waals surface area contributed by atoms with Crippen LogP contribution >= 0.6 is 0 Å². The van der Waals surface area contributed by atoms with Crippen LogP contribution in [0.2, 0.25) is 0 Å². The fraction of sp³-hybridized carbons (Fsp3) is 0.440. The Kier molecular flexibility index (Phi) is 6.95. The number of hydrogen-bond donors (Lipinski definition) is 1. The minimum absolute atomic E-state index is 0.00978. The molecule has 0 unspecified atom stereocenters. The van der Waals surface area contributed by atoms with E-state index < -0.39 is 10.0 Å². The van der Waals surface area contributed by atoms with Gasteiger partial charge in [-0.05, 0) is 56.0 Å². The zero-order valence-electron chi connectivity index (χ0n) is 19.8. The molecular formula is C25H31N3O5S. The molecule has 0 spiro atoms. The van der Waals surface area contributed by atoms with Gasteiger partial charge in [-0.2, -0.15) is 4.31 Å². The third-order valence-corrected chi connectivity index (χ3v) is 8.61. The largest absolute Gasteiger partial charge is 0.496 e. The first-order valence-electron chi connectivity index (χ1n) is 11.5. The minimum atomic E-state index is -3.67. The summed E-state index contributed by atoms with van der Waals surface area (Å²) < 4.78 is 33.3. The average Bonchev–Trinajstić information content (AvgIpc) is 3.17. The number of carbonyl (C=O) groups is 2. The van der Waals surface area contributed by atoms with E-state index in [1.165, 1.54) is 11.2 Å². The number of sulfonamides is 1. The number of fused-ring (bicyclic) bond motifs is 1. The molecule has 2 aliphatic heterocycles. The number of methoxy groups -OCH3 is 1. The zero-order valence-corrected chi connectivity index (χ0v) is 20.6. The predicted octanol–water partition coefficient (Wildman–Crippen LogP) is 2.71. The highest BCUT2D eigenvalue weighted by atomic mass is 32.2. The molecule has 2 amide bonds. The second kappa shape index (κ2) is 9.76. The Balaban J connectivity index is 1.38. The van der Waals surface area contributed by atoms with Gasteiger partial charge in [0, 0.05) is 49.8 Å². The van der Waals surface area contributed by atoms with E-state index in [0.717, 1.165) is 22.6 Å². The fourth-order valence-electron chi connectivity index (χ4n) is 4.93. The molecule has 0 aliphatic carbocycles. The highest BCUT2D eigenvalue weighted by Gasteiger charge is 2.34. The van der Waals surface area contributed by atoms with E-state index in [2.05, 4.69) is 5.32 Å². The second-order valence-electron chi connectivity index (χ2n) is 8.94. The fourth-order valence-corrected chi connectivity index (χ4v) is 6.45. The lowest BCUT2D eigenvalue weighted by molar-refractivity contribution is -0.126. The van der Waals surface area contributed by atoms with Gasteiger partial charge in [0.1, 0.15) is 5.75 Å². The number of benzene rings is 2. The van der Waals surface area contributed by atoms with Crippen molar-refractivity contribution < 1.29 is 22.7 Å². The summed E-state index contributed by atoms with van der Waals surface area (Å²) >= 11 is 0. The number of hydrogen-bond acceptors (Lipinski definition) is 5. The number of rotatable bonds is 6. The number of para-hydroxylation sites is 1. The number of piperidine rings is 1. The van der Waals surface area contributed by atoms with Gasteiger partial charge in [0.15, 0.2) is 0 Å². The molecule has 1 saturated heterocycles. The van der Waals surface area contributed by atoms with E-state index in [1.807, 2.05) is 31.2 Å². The lowest BCUT2D eigenvalue weighted by Gasteiger charge is -2.30. The van der Waals surface area contributed by atoms with Crippen LogP contribution in [0.3, 0.4) is 0 Å². The van der Waals surface area contributed by atoms with Crippen LogP contribution in [-0.4, -0.2) is 50.8 Å². The molecule has 1 atom stereocenters. The van der Waals surface area contributed by atoms with Gasteiger partial charge in [-0.1, -0.05) is 18.2 Å². The van der Waals surface area contributed by atoms with Crippen LogP contribution in [0.15, 0.2) is 47.4 Å². The van der Waals surface area contributed by atoms with E-state index in [4.69, 9.17) is 4.74 Å². The summed E-state index contributed by atoms with van der Waals surface area (Å²) in [6, 6.07) is 12.5. The summed E-state index contributed by atoms with van der Waals surface area (Å²) in [6.07, 6.45) is 1.57. The third-order valence-electron chi connectivity index (χ3n) is 6.71. The third kappa shape index (κ3) is 4.67. The Labute approximate surface area is 200 Å². The minimum Gasteiger partial charge on any atom is -0.496 e. The SMILES string of the molecule is COc1ccccc1CNC(=O)C1CCN(S(=O)(=O)c2ccc3c(c2)C[C@@H](C)N3C(C)=O)CC1. The highest BCUT2D eigenvalue weighted by molar-refractivity contribution is 7.89. The second-order valence-corrected chi connectivity index (χ2v) is 10.9. The maximum absolute atomic E-state index is 13.3. The summed E-state index contributed by atoms with van der Waals surface area (Å²) in [5.41, 5.74) is 2.55. The van der Waals surface area contributed by atoms with Crippen LogP contribution in [-0.2, 0) is 32.6 Å². The number of ether oxygens (including phenoxy) is 1. The first kappa shape index (κ1) is 24.2. The summed E-state index contributed by atoms with van der Waals surface area (Å²) in [4.78, 5) is 26.6. The number of amides is 2. The van der Waals surface area contributed by atoms with Gasteiger partial charge >= 0.3 is 0 Å². The summed E-state index contributed by atoms with van der Waals surface area (Å²) in [7, 11) is -2.08. The van der Waals surface area contributed by atoms with Crippen LogP contribution in [0.4, 0.5) is 5.69 Å². The molecule has 0 radical (unpaired) electrons. The van der Waals surface area contributed by atoms with E-state index in [9.17, 15) is 18.0 Å². The van der Waals surface area contributed by atoms with Gasteiger partial charge in [-0.3, -0.25) is 9.59 Å². The monoisotopic (exact) mass is 485 g/mol. The van der Waals surface area contributed by atoms with Crippen LogP contribution in [0.1, 0.15) is 37.8 Å². The quantitative estimate of drug-likeness (QED) is 0.679. The van der Waals surface area contributed by atoms with Gasteiger partial charge in [0.25, 0.3) is 0 Å². The Bertz CT molecular complexity index is 1190. The molecule has 1 fully saturated rings. The first-order chi connectivity index (χ1) is 16.2. The van der Waals surface area contributed by atoms with Crippen molar-refractivity contribution in [1.82, 2.24) is 9.62 Å². The smallest absolute Gasteiger partial charge is 0.243 e. The van der Waals surface area contributed by atoms with Crippen LogP contribution < -0.4 is 15.0 Å². The number of nitrogens with zero attached hydrogens (tertiary/aromatic N) is 2. The van der Waals surface area contributed by atoms with Crippen molar-refractivity contribution in [3.63, 3.8) is 0 Å². The van der Waals surface area contributed by atoms with Crippen molar-refractivity contribution in [1.29, 1.82) is 0 Å². The normalized spacial score (nSPS) is 19.0. The lowest BCUT2D eigenvalue weighted by Crippen LogP contribution is -2.42. The Morgan fingerprint density at radius 3 is 2.50 bits per heavy atom. The first-order valence-corrected chi connectivity index (χ1v) is 13.0. The van der Waals surface area contributed by atoms with Crippen molar-refractivity contribution in [2.24, 2.45) is 5.92 Å². The molecule has 0 bridgehead atoms. The number of nitrogens with one attached hydrogen (secondary N) is 1. The average molecular weight is 486 g/mol. The summed E-state index contributed by atoms with van der Waals surface area (Å²) in [6.45, 7) is 4.43. The number of carbonyl (C=O) groups excluding carboxylic acids is 2. The van der Waals surface area contributed by atoms with Crippen molar-refractivity contribution in [2.45, 2.75) is 50.6 Å². The van der Waals surface area contributed by atoms with Gasteiger partial charge in [0.2, 0.25) is 21.8 Å². The molecule has 2 heterocycles. The van der Waals surface area contributed by atoms with Crippen molar-refractivity contribution in [3.05, 3.63) is 53.6 Å². The van der Waals surface area contributed by atoms with Crippen LogP contribution in [0, 0.1) is 5.92 Å². The van der Waals surface area contributed by atoms with Crippen molar-refractivity contribution >= 4 is 27.5 Å². The zero-order chi connectivity index (χ0) is 24.5. The Hall–Kier alpha value is -2.91. The molecule has 2 aromatic rings. The Morgan fingerprint density at radius 2 is 1.82 bits per heavy atom. The van der Waals surface area contributed by atoms with Gasteiger partial charge in [0.05, 0.1) is 12.0 Å². The molecule has 8 nitrogen and oxygen atoms in total. The molecule has 1 N–H and O–H groups in total. The lowest BCUT2D eigenvalue weighted by atomic mass is 9.97. The summed E-state index contributed by atoms with van der Waals surface area (Å²) in [5, 5.41) is 2.96. The molecule has 0 aromatic heterocycles. The van der Waals surface area contributed by atoms with E-state index in [-0.39, 0.29) is 28.7 Å². The molecule has 34 heavy (non-hydrogen) atoms. The topological polar surface area (TPSA) is 96.0 Å². The molecule has 2 aliphatic rings. The Morgan fingerprint density at radius 1 is 1.12 bits per heavy atom. The number of anilines is 1. The van der Waals surface area contributed by atoms with Crippen LogP contribution in [0.25, 0.3) is 0 Å². The molecule has 9 heteroatoms. The molecule has 4 rings (SSSR count). The van der Waals surface area contributed by atoms with Gasteiger partial charge in [-0.15, -0.1) is 0 Å². The van der Waals surface area contributed by atoms with Gasteiger partial charge in [-0.25, -0.2) is 8.42 Å². The molecule has 2 aromatic carbocycles. The maximum Gasteiger partial charge on any atom is 0.243 e. The standard InChI is InChI=1S/C25H31N3O5S/c1-17-14-21-15-22(8-9-23(21)28(17)18(2)29)34(31,32)27-12-10-19(11-13-27)25(30)26-16-20-6-4-5-7-24(20)33-3/h4-9,15,17,19H,10-14,16H2,1-3H3,(H,26,30)/t17-/m1/s1. The maximum atomic E-state index is 13.3. The van der Waals surface area contributed by atoms with E-state index >= 15 is 0 Å². The predicted molar refractivity (Wildman–Crippen MR) is 129 cm³/mol. The molecule has 182 valence electrons. The summed E-state index contributed by atoms with van der Waals surface area (Å²) in [5.74, 6) is 0.372. The molecular weight excluding hydrogens is 454 g/mol. The van der Waals surface area contributed by atoms with Crippen LogP contribution in [0.5, 0.6) is 5.75 Å². The van der Waals surface area contributed by atoms with E-state index in [1.54, 1.807) is 30.2 Å².